The first-order valence-corrected chi connectivity index (χ1v) is 13.5. The van der Waals surface area contributed by atoms with Gasteiger partial charge in [0.1, 0.15) is 18.1 Å². The molecule has 0 aromatic heterocycles. The lowest BCUT2D eigenvalue weighted by Crippen LogP contribution is -2.59. The fourth-order valence-electron chi connectivity index (χ4n) is 4.22. The topological polar surface area (TPSA) is 151 Å². The lowest BCUT2D eigenvalue weighted by Gasteiger charge is -2.28. The molecule has 9 heteroatoms. The zero-order valence-corrected chi connectivity index (χ0v) is 23.2. The first kappa shape index (κ1) is 31.5. The van der Waals surface area contributed by atoms with Crippen molar-refractivity contribution in [1.82, 2.24) is 16.0 Å². The molecular weight excluding hydrogens is 496 g/mol. The zero-order chi connectivity index (χ0) is 28.9. The summed E-state index contributed by atoms with van der Waals surface area (Å²) in [6.45, 7) is 7.60. The summed E-state index contributed by atoms with van der Waals surface area (Å²) in [6, 6.07) is 14.3. The number of carboxylic acids is 1. The quantitative estimate of drug-likeness (QED) is 0.235. The second kappa shape index (κ2) is 15.6. The lowest BCUT2D eigenvalue weighted by molar-refractivity contribution is -0.142. The van der Waals surface area contributed by atoms with E-state index in [2.05, 4.69) is 16.0 Å². The van der Waals surface area contributed by atoms with Gasteiger partial charge in [0.05, 0.1) is 6.04 Å². The Labute approximate surface area is 230 Å². The smallest absolute Gasteiger partial charge is 0.326 e. The molecule has 3 amide bonds. The second-order valence-corrected chi connectivity index (χ2v) is 10.4. The van der Waals surface area contributed by atoms with Crippen molar-refractivity contribution in [2.24, 2.45) is 17.6 Å². The van der Waals surface area contributed by atoms with E-state index in [9.17, 15) is 24.3 Å². The Morgan fingerprint density at radius 2 is 1.23 bits per heavy atom. The Balaban J connectivity index is 2.23. The average molecular weight is 539 g/mol. The Kier molecular flexibility index (Phi) is 12.6. The molecule has 0 aliphatic heterocycles. The van der Waals surface area contributed by atoms with Crippen LogP contribution >= 0.6 is 0 Å². The normalized spacial score (nSPS) is 14.9. The number of nitrogens with one attached hydrogen (secondary N) is 3. The molecule has 39 heavy (non-hydrogen) atoms. The number of amides is 3. The Bertz CT molecular complexity index is 1080. The maximum Gasteiger partial charge on any atom is 0.326 e. The van der Waals surface area contributed by atoms with Crippen LogP contribution in [0.5, 0.6) is 0 Å². The van der Waals surface area contributed by atoms with Gasteiger partial charge in [0.15, 0.2) is 0 Å². The summed E-state index contributed by atoms with van der Waals surface area (Å²) < 4.78 is 0. The van der Waals surface area contributed by atoms with Gasteiger partial charge in [-0.2, -0.15) is 0 Å². The summed E-state index contributed by atoms with van der Waals surface area (Å²) in [5.74, 6) is -2.85. The molecule has 0 bridgehead atoms. The fraction of sp³-hybridized carbons (Fsp3) is 0.467. The molecule has 9 nitrogen and oxygen atoms in total. The van der Waals surface area contributed by atoms with E-state index in [1.165, 1.54) is 0 Å². The molecule has 0 saturated heterocycles. The number of rotatable bonds is 15. The van der Waals surface area contributed by atoms with Crippen molar-refractivity contribution in [2.75, 3.05) is 0 Å². The molecule has 0 aliphatic rings. The Morgan fingerprint density at radius 1 is 0.744 bits per heavy atom. The number of carboxylic acid groups (broad SMARTS) is 1. The van der Waals surface area contributed by atoms with E-state index >= 15 is 0 Å². The van der Waals surface area contributed by atoms with Gasteiger partial charge in [-0.3, -0.25) is 14.4 Å². The molecule has 0 saturated carbocycles. The van der Waals surface area contributed by atoms with Crippen LogP contribution in [0.15, 0.2) is 60.7 Å². The summed E-state index contributed by atoms with van der Waals surface area (Å²) in [4.78, 5) is 51.6. The molecular formula is C30H42N4O5. The number of aliphatic carboxylic acids is 1. The summed E-state index contributed by atoms with van der Waals surface area (Å²) in [5.41, 5.74) is 7.65. The van der Waals surface area contributed by atoms with Crippen molar-refractivity contribution >= 4 is 23.7 Å². The van der Waals surface area contributed by atoms with Crippen LogP contribution in [0.4, 0.5) is 0 Å². The van der Waals surface area contributed by atoms with Crippen LogP contribution in [-0.4, -0.2) is 53.0 Å². The molecule has 2 aromatic rings. The summed E-state index contributed by atoms with van der Waals surface area (Å²) >= 11 is 0. The molecule has 0 spiro atoms. The molecule has 0 fully saturated rings. The van der Waals surface area contributed by atoms with Gasteiger partial charge in [-0.25, -0.2) is 4.79 Å². The molecule has 212 valence electrons. The highest BCUT2D eigenvalue weighted by atomic mass is 16.4. The van der Waals surface area contributed by atoms with E-state index in [1.807, 2.05) is 57.2 Å². The van der Waals surface area contributed by atoms with Crippen molar-refractivity contribution in [1.29, 1.82) is 0 Å². The highest BCUT2D eigenvalue weighted by molar-refractivity contribution is 5.94. The van der Waals surface area contributed by atoms with Crippen molar-refractivity contribution in [3.05, 3.63) is 71.8 Å². The standard InChI is InChI=1S/C30H42N4O5/c1-5-20(4)26(29(37)33-25(30(38)39)18-22-14-10-7-11-15-22)34-28(36)24(17-21-12-8-6-9-13-21)32-27(35)23(31)16-19(2)3/h6-15,19-20,23-26H,5,16-18,31H2,1-4H3,(H,32,35)(H,33,37)(H,34,36)(H,38,39). The molecule has 5 atom stereocenters. The largest absolute Gasteiger partial charge is 0.480 e. The summed E-state index contributed by atoms with van der Waals surface area (Å²) in [5, 5.41) is 17.9. The molecule has 0 radical (unpaired) electrons. The van der Waals surface area contributed by atoms with Gasteiger partial charge < -0.3 is 26.8 Å². The van der Waals surface area contributed by atoms with Crippen LogP contribution < -0.4 is 21.7 Å². The van der Waals surface area contributed by atoms with Crippen LogP contribution in [0.3, 0.4) is 0 Å². The molecule has 0 heterocycles. The van der Waals surface area contributed by atoms with E-state index < -0.39 is 47.9 Å². The van der Waals surface area contributed by atoms with Crippen LogP contribution in [0.25, 0.3) is 0 Å². The predicted molar refractivity (Wildman–Crippen MR) is 151 cm³/mol. The van der Waals surface area contributed by atoms with Crippen molar-refractivity contribution in [3.63, 3.8) is 0 Å². The van der Waals surface area contributed by atoms with E-state index in [-0.39, 0.29) is 24.7 Å². The molecule has 2 rings (SSSR count). The first-order chi connectivity index (χ1) is 18.5. The maximum atomic E-state index is 13.5. The minimum atomic E-state index is -1.17. The van der Waals surface area contributed by atoms with Gasteiger partial charge in [-0.15, -0.1) is 0 Å². The highest BCUT2D eigenvalue weighted by Gasteiger charge is 2.33. The zero-order valence-electron chi connectivity index (χ0n) is 23.2. The van der Waals surface area contributed by atoms with E-state index in [0.29, 0.717) is 12.8 Å². The van der Waals surface area contributed by atoms with E-state index in [0.717, 1.165) is 11.1 Å². The van der Waals surface area contributed by atoms with Crippen LogP contribution in [0.1, 0.15) is 51.7 Å². The number of hydrogen-bond acceptors (Lipinski definition) is 5. The van der Waals surface area contributed by atoms with Gasteiger partial charge in [-0.1, -0.05) is 94.8 Å². The molecule has 5 unspecified atom stereocenters. The predicted octanol–water partition coefficient (Wildman–Crippen LogP) is 2.43. The van der Waals surface area contributed by atoms with Crippen molar-refractivity contribution < 1.29 is 24.3 Å². The van der Waals surface area contributed by atoms with Crippen molar-refractivity contribution in [3.8, 4) is 0 Å². The Hall–Kier alpha value is -3.72. The summed E-state index contributed by atoms with van der Waals surface area (Å²) in [6.07, 6.45) is 1.32. The average Bonchev–Trinajstić information content (AvgIpc) is 2.90. The molecule has 6 N–H and O–H groups in total. The van der Waals surface area contributed by atoms with Crippen LogP contribution in [0, 0.1) is 11.8 Å². The number of nitrogens with two attached hydrogens (primary N) is 1. The number of hydrogen-bond donors (Lipinski definition) is 5. The van der Waals surface area contributed by atoms with Gasteiger partial charge in [-0.05, 0) is 29.4 Å². The minimum Gasteiger partial charge on any atom is -0.480 e. The Morgan fingerprint density at radius 3 is 1.69 bits per heavy atom. The van der Waals surface area contributed by atoms with Gasteiger partial charge >= 0.3 is 5.97 Å². The van der Waals surface area contributed by atoms with Crippen LogP contribution in [0.2, 0.25) is 0 Å². The third-order valence-electron chi connectivity index (χ3n) is 6.67. The van der Waals surface area contributed by atoms with Crippen LogP contribution in [-0.2, 0) is 32.0 Å². The highest BCUT2D eigenvalue weighted by Crippen LogP contribution is 2.12. The third-order valence-corrected chi connectivity index (χ3v) is 6.67. The SMILES string of the molecule is CCC(C)C(NC(=O)C(Cc1ccccc1)NC(=O)C(N)CC(C)C)C(=O)NC(Cc1ccccc1)C(=O)O. The third kappa shape index (κ3) is 10.5. The van der Waals surface area contributed by atoms with Gasteiger partial charge in [0.25, 0.3) is 0 Å². The van der Waals surface area contributed by atoms with E-state index in [1.54, 1.807) is 31.2 Å². The second-order valence-electron chi connectivity index (χ2n) is 10.4. The molecule has 2 aromatic carbocycles. The first-order valence-electron chi connectivity index (χ1n) is 13.5. The monoisotopic (exact) mass is 538 g/mol. The minimum absolute atomic E-state index is 0.101. The molecule has 0 aliphatic carbocycles. The van der Waals surface area contributed by atoms with Gasteiger partial charge in [0, 0.05) is 12.8 Å². The number of carbonyl (C=O) groups excluding carboxylic acids is 3. The summed E-state index contributed by atoms with van der Waals surface area (Å²) in [7, 11) is 0. The van der Waals surface area contributed by atoms with Crippen molar-refractivity contribution in [2.45, 2.75) is 77.5 Å². The lowest BCUT2D eigenvalue weighted by atomic mass is 9.96. The fourth-order valence-corrected chi connectivity index (χ4v) is 4.22. The maximum absolute atomic E-state index is 13.5. The van der Waals surface area contributed by atoms with E-state index in [4.69, 9.17) is 5.73 Å². The number of carbonyl (C=O) groups is 4. The number of benzene rings is 2. The van der Waals surface area contributed by atoms with Gasteiger partial charge in [0.2, 0.25) is 17.7 Å².